The zero-order valence-electron chi connectivity index (χ0n) is 9.27. The molecule has 2 N–H and O–H groups in total. The maximum absolute atomic E-state index is 10.8. The van der Waals surface area contributed by atoms with Crippen LogP contribution in [0.25, 0.3) is 0 Å². The quantitative estimate of drug-likeness (QED) is 0.790. The Labute approximate surface area is 108 Å². The van der Waals surface area contributed by atoms with Gasteiger partial charge in [0.2, 0.25) is 0 Å². The molecule has 0 bridgehead atoms. The number of carboxylic acid groups (broad SMARTS) is 1. The molecule has 5 heteroatoms. The van der Waals surface area contributed by atoms with Crippen LogP contribution in [0.1, 0.15) is 10.4 Å². The van der Waals surface area contributed by atoms with Gasteiger partial charge in [-0.15, -0.1) is 6.58 Å². The van der Waals surface area contributed by atoms with Crippen LogP contribution in [0.15, 0.2) is 35.3 Å². The molecule has 0 amide bonds. The molecule has 0 saturated carbocycles. The molecule has 0 saturated heterocycles. The van der Waals surface area contributed by atoms with Gasteiger partial charge in [-0.2, -0.15) is 0 Å². The van der Waals surface area contributed by atoms with E-state index in [0.717, 1.165) is 5.69 Å². The van der Waals surface area contributed by atoms with E-state index in [0.29, 0.717) is 17.6 Å². The van der Waals surface area contributed by atoms with Gasteiger partial charge in [0.25, 0.3) is 0 Å². The molecular weight excluding hydrogens is 286 g/mol. The van der Waals surface area contributed by atoms with E-state index in [2.05, 4.69) is 22.5 Å². The number of hydrogen-bond acceptors (Lipinski definition) is 3. The molecule has 4 nitrogen and oxygen atoms in total. The molecule has 0 aliphatic heterocycles. The zero-order valence-corrected chi connectivity index (χ0v) is 10.9. The molecule has 1 aromatic rings. The highest BCUT2D eigenvalue weighted by Gasteiger charge is 2.11. The maximum atomic E-state index is 10.8. The number of halogens is 1. The second-order valence-electron chi connectivity index (χ2n) is 3.43. The average Bonchev–Trinajstić information content (AvgIpc) is 2.28. The number of rotatable bonds is 6. The summed E-state index contributed by atoms with van der Waals surface area (Å²) in [6, 6.07) is 4.80. The third-order valence-electron chi connectivity index (χ3n) is 2.25. The number of hydrogen-bond donors (Lipinski definition) is 2. The summed E-state index contributed by atoms with van der Waals surface area (Å²) in [5.41, 5.74) is 1.06. The van der Waals surface area contributed by atoms with Crippen molar-refractivity contribution in [1.82, 2.24) is 0 Å². The first-order valence-electron chi connectivity index (χ1n) is 5.09. The fraction of sp³-hybridized carbons (Fsp3) is 0.250. The highest BCUT2D eigenvalue weighted by atomic mass is 79.9. The molecule has 0 heterocycles. The summed E-state index contributed by atoms with van der Waals surface area (Å²) in [5.74, 6) is -0.963. The highest BCUT2D eigenvalue weighted by molar-refractivity contribution is 9.10. The van der Waals surface area contributed by atoms with Gasteiger partial charge >= 0.3 is 5.97 Å². The van der Waals surface area contributed by atoms with E-state index in [1.807, 2.05) is 4.90 Å². The summed E-state index contributed by atoms with van der Waals surface area (Å²) in [5, 5.41) is 17.8. The second kappa shape index (κ2) is 6.42. The summed E-state index contributed by atoms with van der Waals surface area (Å²) in [6.07, 6.45) is 1.73. The predicted octanol–water partition coefficient (Wildman–Crippen LogP) is 2.13. The van der Waals surface area contributed by atoms with Gasteiger partial charge in [-0.25, -0.2) is 4.79 Å². The fourth-order valence-electron chi connectivity index (χ4n) is 1.48. The van der Waals surface area contributed by atoms with Gasteiger partial charge in [0.1, 0.15) is 0 Å². The van der Waals surface area contributed by atoms with Crippen molar-refractivity contribution in [2.45, 2.75) is 0 Å². The van der Waals surface area contributed by atoms with Crippen LogP contribution in [0, 0.1) is 0 Å². The summed E-state index contributed by atoms with van der Waals surface area (Å²) < 4.78 is 0.688. The van der Waals surface area contributed by atoms with E-state index < -0.39 is 5.97 Å². The zero-order chi connectivity index (χ0) is 12.8. The van der Waals surface area contributed by atoms with Gasteiger partial charge in [-0.05, 0) is 34.1 Å². The lowest BCUT2D eigenvalue weighted by molar-refractivity contribution is 0.0697. The van der Waals surface area contributed by atoms with Crippen LogP contribution in [0.3, 0.4) is 0 Å². The van der Waals surface area contributed by atoms with Crippen molar-refractivity contribution < 1.29 is 15.0 Å². The minimum Gasteiger partial charge on any atom is -0.478 e. The first-order chi connectivity index (χ1) is 8.10. The Kier molecular flexibility index (Phi) is 5.18. The van der Waals surface area contributed by atoms with Crippen molar-refractivity contribution in [3.8, 4) is 0 Å². The number of aromatic carboxylic acids is 1. The van der Waals surface area contributed by atoms with Crippen molar-refractivity contribution in [3.05, 3.63) is 40.9 Å². The molecule has 17 heavy (non-hydrogen) atoms. The Morgan fingerprint density at radius 2 is 2.24 bits per heavy atom. The number of carboxylic acids is 1. The molecule has 1 aromatic carbocycles. The van der Waals surface area contributed by atoms with Crippen LogP contribution in [-0.2, 0) is 0 Å². The molecule has 0 aliphatic carbocycles. The van der Waals surface area contributed by atoms with Crippen LogP contribution >= 0.6 is 15.9 Å². The molecule has 0 fully saturated rings. The third-order valence-corrected chi connectivity index (χ3v) is 2.89. The Morgan fingerprint density at radius 1 is 1.53 bits per heavy atom. The number of aliphatic hydroxyl groups excluding tert-OH is 1. The van der Waals surface area contributed by atoms with Gasteiger partial charge < -0.3 is 15.1 Å². The van der Waals surface area contributed by atoms with E-state index in [9.17, 15) is 4.79 Å². The van der Waals surface area contributed by atoms with Crippen molar-refractivity contribution in [2.75, 3.05) is 24.6 Å². The summed E-state index contributed by atoms with van der Waals surface area (Å²) in [6.45, 7) is 4.74. The van der Waals surface area contributed by atoms with Crippen LogP contribution in [0.5, 0.6) is 0 Å². The second-order valence-corrected chi connectivity index (χ2v) is 4.28. The predicted molar refractivity (Wildman–Crippen MR) is 70.6 cm³/mol. The number of benzene rings is 1. The number of aliphatic hydroxyl groups is 1. The minimum atomic E-state index is -0.963. The lowest BCUT2D eigenvalue weighted by Gasteiger charge is -2.23. The normalized spacial score (nSPS) is 10.0. The molecule has 0 atom stereocenters. The summed E-state index contributed by atoms with van der Waals surface area (Å²) >= 11 is 3.34. The van der Waals surface area contributed by atoms with E-state index in [-0.39, 0.29) is 12.2 Å². The minimum absolute atomic E-state index is 0.0287. The molecule has 0 aliphatic rings. The molecule has 92 valence electrons. The standard InChI is InChI=1S/C12H14BrNO3/c1-2-5-14(6-7-15)11-4-3-9(12(16)17)8-10(11)13/h2-4,8,15H,1,5-7H2,(H,16,17). The average molecular weight is 300 g/mol. The Balaban J connectivity index is 3.03. The molecule has 0 unspecified atom stereocenters. The Hall–Kier alpha value is -1.33. The lowest BCUT2D eigenvalue weighted by Crippen LogP contribution is -2.27. The number of anilines is 1. The monoisotopic (exact) mass is 299 g/mol. The van der Waals surface area contributed by atoms with Crippen LogP contribution in [0.2, 0.25) is 0 Å². The third kappa shape index (κ3) is 3.57. The number of nitrogens with zero attached hydrogens (tertiary/aromatic N) is 1. The van der Waals surface area contributed by atoms with Crippen molar-refractivity contribution in [1.29, 1.82) is 0 Å². The van der Waals surface area contributed by atoms with E-state index in [4.69, 9.17) is 10.2 Å². The molecule has 0 aromatic heterocycles. The topological polar surface area (TPSA) is 60.8 Å². The van der Waals surface area contributed by atoms with Crippen molar-refractivity contribution >= 4 is 27.6 Å². The largest absolute Gasteiger partial charge is 0.478 e. The summed E-state index contributed by atoms with van der Waals surface area (Å²) in [4.78, 5) is 12.7. The molecule has 0 radical (unpaired) electrons. The fourth-order valence-corrected chi connectivity index (χ4v) is 2.11. The molecule has 1 rings (SSSR count). The Morgan fingerprint density at radius 3 is 2.71 bits per heavy atom. The van der Waals surface area contributed by atoms with E-state index in [1.165, 1.54) is 6.07 Å². The van der Waals surface area contributed by atoms with Crippen LogP contribution < -0.4 is 4.90 Å². The highest BCUT2D eigenvalue weighted by Crippen LogP contribution is 2.27. The van der Waals surface area contributed by atoms with E-state index in [1.54, 1.807) is 18.2 Å². The lowest BCUT2D eigenvalue weighted by atomic mass is 10.2. The smallest absolute Gasteiger partial charge is 0.335 e. The Bertz CT molecular complexity index is 420. The molecular formula is C12H14BrNO3. The van der Waals surface area contributed by atoms with Gasteiger partial charge in [0.05, 0.1) is 17.9 Å². The van der Waals surface area contributed by atoms with Crippen molar-refractivity contribution in [3.63, 3.8) is 0 Å². The number of carbonyl (C=O) groups is 1. The van der Waals surface area contributed by atoms with Gasteiger partial charge in [0, 0.05) is 17.6 Å². The van der Waals surface area contributed by atoms with Gasteiger partial charge in [-0.3, -0.25) is 0 Å². The molecule has 0 spiro atoms. The first-order valence-corrected chi connectivity index (χ1v) is 5.89. The van der Waals surface area contributed by atoms with Crippen LogP contribution in [-0.4, -0.2) is 35.9 Å². The maximum Gasteiger partial charge on any atom is 0.335 e. The van der Waals surface area contributed by atoms with Crippen LogP contribution in [0.4, 0.5) is 5.69 Å². The SMILES string of the molecule is C=CCN(CCO)c1ccc(C(=O)O)cc1Br. The first kappa shape index (κ1) is 13.7. The van der Waals surface area contributed by atoms with E-state index >= 15 is 0 Å². The van der Waals surface area contributed by atoms with Gasteiger partial charge in [0.15, 0.2) is 0 Å². The summed E-state index contributed by atoms with van der Waals surface area (Å²) in [7, 11) is 0. The van der Waals surface area contributed by atoms with Crippen molar-refractivity contribution in [2.24, 2.45) is 0 Å². The van der Waals surface area contributed by atoms with Gasteiger partial charge in [-0.1, -0.05) is 6.08 Å².